The number of hydrogen-bond acceptors (Lipinski definition) is 3. The Bertz CT molecular complexity index is 649. The lowest BCUT2D eigenvalue weighted by Gasteiger charge is -2.21. The summed E-state index contributed by atoms with van der Waals surface area (Å²) < 4.78 is 14.7. The smallest absolute Gasteiger partial charge is 0.161 e. The third-order valence-corrected chi connectivity index (χ3v) is 4.22. The van der Waals surface area contributed by atoms with E-state index in [9.17, 15) is 4.39 Å². The first-order valence-electron chi connectivity index (χ1n) is 6.38. The van der Waals surface area contributed by atoms with Gasteiger partial charge >= 0.3 is 0 Å². The first kappa shape index (κ1) is 15.9. The number of thiocarbonyl (C=S) groups is 1. The van der Waals surface area contributed by atoms with Crippen LogP contribution >= 0.6 is 28.1 Å². The van der Waals surface area contributed by atoms with Crippen molar-refractivity contribution in [2.24, 2.45) is 5.73 Å². The maximum absolute atomic E-state index is 14.4. The van der Waals surface area contributed by atoms with Crippen molar-refractivity contribution >= 4 is 38.8 Å². The van der Waals surface area contributed by atoms with Crippen LogP contribution in [-0.2, 0) is 6.42 Å². The van der Waals surface area contributed by atoms with E-state index in [4.69, 9.17) is 18.0 Å². The zero-order chi connectivity index (χ0) is 15.4. The Hall–Kier alpha value is -1.53. The molecule has 0 aliphatic heterocycles. The molecule has 0 radical (unpaired) electrons. The van der Waals surface area contributed by atoms with Gasteiger partial charge in [0.2, 0.25) is 0 Å². The first-order valence-corrected chi connectivity index (χ1v) is 7.58. The van der Waals surface area contributed by atoms with Crippen LogP contribution in [0.25, 0.3) is 0 Å². The van der Waals surface area contributed by atoms with E-state index in [0.717, 1.165) is 12.0 Å². The van der Waals surface area contributed by atoms with Crippen molar-refractivity contribution in [1.29, 1.82) is 0 Å². The third-order valence-electron chi connectivity index (χ3n) is 3.22. The van der Waals surface area contributed by atoms with E-state index in [1.807, 2.05) is 24.1 Å². The van der Waals surface area contributed by atoms with Gasteiger partial charge in [0.1, 0.15) is 4.99 Å². The second-order valence-electron chi connectivity index (χ2n) is 4.65. The number of hydrogen-bond donors (Lipinski definition) is 1. The molecule has 0 aliphatic carbocycles. The van der Waals surface area contributed by atoms with E-state index < -0.39 is 0 Å². The van der Waals surface area contributed by atoms with Crippen LogP contribution in [0.15, 0.2) is 41.1 Å². The van der Waals surface area contributed by atoms with Crippen LogP contribution in [0.5, 0.6) is 0 Å². The molecule has 21 heavy (non-hydrogen) atoms. The molecule has 2 rings (SSSR count). The number of anilines is 1. The quantitative estimate of drug-likeness (QED) is 0.823. The largest absolute Gasteiger partial charge is 0.389 e. The minimum atomic E-state index is -0.350. The van der Waals surface area contributed by atoms with Crippen molar-refractivity contribution in [2.45, 2.75) is 6.42 Å². The van der Waals surface area contributed by atoms with Gasteiger partial charge in [-0.3, -0.25) is 4.98 Å². The molecule has 0 saturated carbocycles. The number of pyridine rings is 1. The summed E-state index contributed by atoms with van der Waals surface area (Å²) in [6, 6.07) is 7.33. The highest BCUT2D eigenvalue weighted by Crippen LogP contribution is 2.29. The average Bonchev–Trinajstić information content (AvgIpc) is 2.48. The molecule has 6 heteroatoms. The second kappa shape index (κ2) is 6.95. The van der Waals surface area contributed by atoms with Gasteiger partial charge in [0, 0.05) is 31.5 Å². The molecule has 0 saturated heterocycles. The molecular formula is C15H15BrFN3S. The Morgan fingerprint density at radius 2 is 2.00 bits per heavy atom. The molecule has 2 N–H and O–H groups in total. The van der Waals surface area contributed by atoms with E-state index in [1.54, 1.807) is 24.5 Å². The summed E-state index contributed by atoms with van der Waals surface area (Å²) in [7, 11) is 1.85. The summed E-state index contributed by atoms with van der Waals surface area (Å²) in [6.07, 6.45) is 4.32. The number of rotatable bonds is 5. The van der Waals surface area contributed by atoms with Gasteiger partial charge in [0.05, 0.1) is 10.2 Å². The number of likely N-dealkylation sites (N-methyl/N-ethyl adjacent to an activating group) is 1. The highest BCUT2D eigenvalue weighted by molar-refractivity contribution is 9.10. The molecule has 110 valence electrons. The predicted octanol–water partition coefficient (Wildman–Crippen LogP) is 3.30. The molecule has 1 heterocycles. The number of nitrogens with two attached hydrogens (primary N) is 1. The van der Waals surface area contributed by atoms with E-state index in [1.165, 1.54) is 0 Å². The molecule has 0 spiro atoms. The molecule has 0 unspecified atom stereocenters. The van der Waals surface area contributed by atoms with Gasteiger partial charge < -0.3 is 10.6 Å². The maximum atomic E-state index is 14.4. The van der Waals surface area contributed by atoms with Crippen molar-refractivity contribution in [3.63, 3.8) is 0 Å². The second-order valence-corrected chi connectivity index (χ2v) is 5.88. The normalized spacial score (nSPS) is 10.4. The van der Waals surface area contributed by atoms with Gasteiger partial charge in [-0.25, -0.2) is 4.39 Å². The molecule has 2 aromatic rings. The monoisotopic (exact) mass is 367 g/mol. The van der Waals surface area contributed by atoms with Crippen molar-refractivity contribution in [3.05, 3.63) is 58.1 Å². The number of aromatic nitrogens is 1. The summed E-state index contributed by atoms with van der Waals surface area (Å²) in [5.74, 6) is -0.350. The van der Waals surface area contributed by atoms with Crippen LogP contribution in [0.4, 0.5) is 10.1 Å². The molecule has 0 atom stereocenters. The Kier molecular flexibility index (Phi) is 5.25. The van der Waals surface area contributed by atoms with Crippen LogP contribution in [0, 0.1) is 5.82 Å². The SMILES string of the molecule is CN(CCc1ccncc1)c1ccc(C(N)=S)c(Br)c1F. The molecule has 1 aromatic carbocycles. The molecule has 0 bridgehead atoms. The molecule has 3 nitrogen and oxygen atoms in total. The van der Waals surface area contributed by atoms with E-state index >= 15 is 0 Å². The van der Waals surface area contributed by atoms with E-state index in [2.05, 4.69) is 20.9 Å². The van der Waals surface area contributed by atoms with Gasteiger partial charge in [0.25, 0.3) is 0 Å². The maximum Gasteiger partial charge on any atom is 0.161 e. The summed E-state index contributed by atoms with van der Waals surface area (Å²) in [4.78, 5) is 6.02. The van der Waals surface area contributed by atoms with Crippen LogP contribution in [0.3, 0.4) is 0 Å². The van der Waals surface area contributed by atoms with Crippen molar-refractivity contribution in [3.8, 4) is 0 Å². The topological polar surface area (TPSA) is 42.2 Å². The summed E-state index contributed by atoms with van der Waals surface area (Å²) in [5, 5.41) is 0. The fourth-order valence-electron chi connectivity index (χ4n) is 1.99. The fraction of sp³-hybridized carbons (Fsp3) is 0.200. The van der Waals surface area contributed by atoms with Crippen LogP contribution in [0.2, 0.25) is 0 Å². The van der Waals surface area contributed by atoms with Crippen LogP contribution in [-0.4, -0.2) is 23.6 Å². The van der Waals surface area contributed by atoms with E-state index in [0.29, 0.717) is 22.3 Å². The number of nitrogens with zero attached hydrogens (tertiary/aromatic N) is 2. The Balaban J connectivity index is 2.14. The third kappa shape index (κ3) is 3.77. The number of halogens is 2. The summed E-state index contributed by atoms with van der Waals surface area (Å²) in [5.41, 5.74) is 7.74. The van der Waals surface area contributed by atoms with E-state index in [-0.39, 0.29) is 10.8 Å². The van der Waals surface area contributed by atoms with Gasteiger partial charge in [0.15, 0.2) is 5.82 Å². The standard InChI is InChI=1S/C15H15BrFN3S/c1-20(9-6-10-4-7-19-8-5-10)12-3-2-11(15(18)21)13(16)14(12)17/h2-5,7-8H,6,9H2,1H3,(H2,18,21). The lowest BCUT2D eigenvalue weighted by atomic mass is 10.1. The van der Waals surface area contributed by atoms with Crippen molar-refractivity contribution < 1.29 is 4.39 Å². The summed E-state index contributed by atoms with van der Waals surface area (Å²) >= 11 is 8.11. The summed E-state index contributed by atoms with van der Waals surface area (Å²) in [6.45, 7) is 0.694. The van der Waals surface area contributed by atoms with Crippen LogP contribution < -0.4 is 10.6 Å². The Labute approximate surface area is 137 Å². The lowest BCUT2D eigenvalue weighted by Crippen LogP contribution is -2.22. The van der Waals surface area contributed by atoms with Crippen LogP contribution in [0.1, 0.15) is 11.1 Å². The van der Waals surface area contributed by atoms with Gasteiger partial charge in [-0.2, -0.15) is 0 Å². The Morgan fingerprint density at radius 1 is 1.33 bits per heavy atom. The zero-order valence-electron chi connectivity index (χ0n) is 11.5. The van der Waals surface area contributed by atoms with Crippen molar-refractivity contribution in [1.82, 2.24) is 4.98 Å². The highest BCUT2D eigenvalue weighted by Gasteiger charge is 2.15. The fourth-order valence-corrected chi connectivity index (χ4v) is 2.84. The highest BCUT2D eigenvalue weighted by atomic mass is 79.9. The van der Waals surface area contributed by atoms with Crippen molar-refractivity contribution in [2.75, 3.05) is 18.5 Å². The predicted molar refractivity (Wildman–Crippen MR) is 91.2 cm³/mol. The number of benzene rings is 1. The van der Waals surface area contributed by atoms with Gasteiger partial charge in [-0.15, -0.1) is 0 Å². The molecule has 0 fully saturated rings. The zero-order valence-corrected chi connectivity index (χ0v) is 13.9. The average molecular weight is 368 g/mol. The molecule has 1 aromatic heterocycles. The molecule has 0 amide bonds. The minimum Gasteiger partial charge on any atom is -0.389 e. The lowest BCUT2D eigenvalue weighted by molar-refractivity contribution is 0.615. The van der Waals surface area contributed by atoms with Gasteiger partial charge in [-0.05, 0) is 52.2 Å². The molecule has 0 aliphatic rings. The molecular weight excluding hydrogens is 353 g/mol. The Morgan fingerprint density at radius 3 is 2.62 bits per heavy atom. The first-order chi connectivity index (χ1) is 10.0. The van der Waals surface area contributed by atoms with Gasteiger partial charge in [-0.1, -0.05) is 12.2 Å². The minimum absolute atomic E-state index is 0.173.